The summed E-state index contributed by atoms with van der Waals surface area (Å²) in [6.07, 6.45) is 0.272. The summed E-state index contributed by atoms with van der Waals surface area (Å²) in [6.45, 7) is 3.95. The van der Waals surface area contributed by atoms with Crippen molar-refractivity contribution in [3.05, 3.63) is 62.6 Å². The third-order valence-electron chi connectivity index (χ3n) is 3.07. The Morgan fingerprint density at radius 1 is 1.20 bits per heavy atom. The van der Waals surface area contributed by atoms with Crippen molar-refractivity contribution in [2.45, 2.75) is 20.3 Å². The maximum absolute atomic E-state index is 12.1. The lowest BCUT2D eigenvalue weighted by atomic mass is 10.1. The number of hydrogen-bond donors (Lipinski definition) is 1. The van der Waals surface area contributed by atoms with Crippen molar-refractivity contribution in [3.8, 4) is 0 Å². The Morgan fingerprint density at radius 2 is 1.80 bits per heavy atom. The first-order valence-corrected chi connectivity index (χ1v) is 7.44. The Balaban J connectivity index is 2.15. The van der Waals surface area contributed by atoms with Gasteiger partial charge in [-0.15, -0.1) is 0 Å². The molecule has 0 saturated carbocycles. The summed E-state index contributed by atoms with van der Waals surface area (Å²) >= 11 is 9.51. The summed E-state index contributed by atoms with van der Waals surface area (Å²) in [7, 11) is 0. The van der Waals surface area contributed by atoms with Crippen LogP contribution in [0.15, 0.2) is 40.9 Å². The van der Waals surface area contributed by atoms with E-state index in [1.165, 1.54) is 0 Å². The number of amides is 1. The summed E-state index contributed by atoms with van der Waals surface area (Å²) in [6, 6.07) is 11.4. The molecule has 2 aromatic rings. The normalized spacial score (nSPS) is 10.4. The fourth-order valence-corrected chi connectivity index (χ4v) is 3.00. The van der Waals surface area contributed by atoms with Gasteiger partial charge in [0.15, 0.2) is 0 Å². The van der Waals surface area contributed by atoms with Crippen molar-refractivity contribution < 1.29 is 4.79 Å². The molecule has 0 saturated heterocycles. The van der Waals surface area contributed by atoms with Crippen molar-refractivity contribution in [2.24, 2.45) is 0 Å². The Morgan fingerprint density at radius 3 is 2.40 bits per heavy atom. The predicted molar refractivity (Wildman–Crippen MR) is 87.4 cm³/mol. The zero-order chi connectivity index (χ0) is 14.7. The first kappa shape index (κ1) is 15.1. The Bertz CT molecular complexity index is 632. The number of carbonyl (C=O) groups excluding carboxylic acids is 1. The van der Waals surface area contributed by atoms with Gasteiger partial charge in [0, 0.05) is 15.2 Å². The lowest BCUT2D eigenvalue weighted by Crippen LogP contribution is -2.16. The molecule has 104 valence electrons. The fraction of sp³-hybridized carbons (Fsp3) is 0.188. The molecule has 0 aliphatic heterocycles. The van der Waals surface area contributed by atoms with Crippen LogP contribution in [0.25, 0.3) is 0 Å². The van der Waals surface area contributed by atoms with Gasteiger partial charge in [0.25, 0.3) is 0 Å². The minimum absolute atomic E-state index is 0.0633. The molecule has 0 aromatic heterocycles. The van der Waals surface area contributed by atoms with Gasteiger partial charge in [0.1, 0.15) is 0 Å². The van der Waals surface area contributed by atoms with E-state index in [4.69, 9.17) is 11.6 Å². The number of aryl methyl sites for hydroxylation is 2. The molecule has 1 amide bonds. The van der Waals surface area contributed by atoms with E-state index >= 15 is 0 Å². The van der Waals surface area contributed by atoms with Crippen LogP contribution in [0, 0.1) is 13.8 Å². The van der Waals surface area contributed by atoms with Gasteiger partial charge in [0.2, 0.25) is 5.91 Å². The van der Waals surface area contributed by atoms with Crippen LogP contribution >= 0.6 is 27.5 Å². The van der Waals surface area contributed by atoms with E-state index in [0.717, 1.165) is 26.9 Å². The molecule has 2 rings (SSSR count). The van der Waals surface area contributed by atoms with Crippen molar-refractivity contribution in [1.29, 1.82) is 0 Å². The van der Waals surface area contributed by atoms with Crippen LogP contribution in [0.2, 0.25) is 5.02 Å². The fourth-order valence-electron chi connectivity index (χ4n) is 2.11. The second-order valence-corrected chi connectivity index (χ2v) is 6.05. The van der Waals surface area contributed by atoms with Crippen LogP contribution in [0.3, 0.4) is 0 Å². The summed E-state index contributed by atoms with van der Waals surface area (Å²) in [5.41, 5.74) is 3.76. The molecule has 0 bridgehead atoms. The van der Waals surface area contributed by atoms with Gasteiger partial charge in [0.05, 0.1) is 6.42 Å². The molecular weight excluding hydrogens is 338 g/mol. The second kappa shape index (κ2) is 6.42. The smallest absolute Gasteiger partial charge is 0.228 e. The first-order chi connectivity index (χ1) is 9.47. The van der Waals surface area contributed by atoms with Gasteiger partial charge < -0.3 is 5.32 Å². The van der Waals surface area contributed by atoms with E-state index in [1.54, 1.807) is 6.07 Å². The summed E-state index contributed by atoms with van der Waals surface area (Å²) in [5.74, 6) is -0.0633. The lowest BCUT2D eigenvalue weighted by Gasteiger charge is -2.12. The molecule has 20 heavy (non-hydrogen) atoms. The van der Waals surface area contributed by atoms with Gasteiger partial charge in [-0.1, -0.05) is 45.7 Å². The molecule has 0 radical (unpaired) electrons. The van der Waals surface area contributed by atoms with Gasteiger partial charge in [-0.25, -0.2) is 0 Å². The first-order valence-electron chi connectivity index (χ1n) is 6.27. The van der Waals surface area contributed by atoms with Crippen LogP contribution in [0.1, 0.15) is 16.7 Å². The number of anilines is 1. The van der Waals surface area contributed by atoms with Crippen molar-refractivity contribution in [3.63, 3.8) is 0 Å². The van der Waals surface area contributed by atoms with Crippen molar-refractivity contribution in [2.75, 3.05) is 5.32 Å². The largest absolute Gasteiger partial charge is 0.325 e. The maximum atomic E-state index is 12.1. The van der Waals surface area contributed by atoms with Crippen molar-refractivity contribution in [1.82, 2.24) is 0 Å². The molecule has 1 N–H and O–H groups in total. The highest BCUT2D eigenvalue weighted by molar-refractivity contribution is 9.10. The number of nitrogens with one attached hydrogen (secondary N) is 1. The molecular formula is C16H15BrClNO. The number of hydrogen-bond acceptors (Lipinski definition) is 1. The molecule has 0 aliphatic carbocycles. The number of benzene rings is 2. The molecule has 0 spiro atoms. The average molecular weight is 353 g/mol. The summed E-state index contributed by atoms with van der Waals surface area (Å²) < 4.78 is 1.01. The highest BCUT2D eigenvalue weighted by atomic mass is 79.9. The van der Waals surface area contributed by atoms with Gasteiger partial charge in [-0.2, -0.15) is 0 Å². The standard InChI is InChI=1S/C16H15BrClNO/c1-10-7-13(17)8-11(2)16(10)19-15(20)9-12-5-3-4-6-14(12)18/h3-8H,9H2,1-2H3,(H,19,20). The second-order valence-electron chi connectivity index (χ2n) is 4.73. The summed E-state index contributed by atoms with van der Waals surface area (Å²) in [4.78, 5) is 12.1. The van der Waals surface area contributed by atoms with E-state index in [9.17, 15) is 4.79 Å². The third-order valence-corrected chi connectivity index (χ3v) is 3.90. The van der Waals surface area contributed by atoms with Crippen molar-refractivity contribution >= 4 is 39.1 Å². The van der Waals surface area contributed by atoms with Crippen LogP contribution in [0.5, 0.6) is 0 Å². The monoisotopic (exact) mass is 351 g/mol. The van der Waals surface area contributed by atoms with Gasteiger partial charge in [-0.05, 0) is 48.7 Å². The minimum atomic E-state index is -0.0633. The Hall–Kier alpha value is -1.32. The molecule has 0 heterocycles. The van der Waals surface area contributed by atoms with Crippen LogP contribution in [-0.2, 0) is 11.2 Å². The number of rotatable bonds is 3. The van der Waals surface area contributed by atoms with Gasteiger partial charge >= 0.3 is 0 Å². The SMILES string of the molecule is Cc1cc(Br)cc(C)c1NC(=O)Cc1ccccc1Cl. The lowest BCUT2D eigenvalue weighted by molar-refractivity contribution is -0.115. The van der Waals surface area contributed by atoms with Crippen LogP contribution < -0.4 is 5.32 Å². The molecule has 0 aliphatic rings. The Labute approximate surface area is 132 Å². The zero-order valence-electron chi connectivity index (χ0n) is 11.3. The molecule has 2 nitrogen and oxygen atoms in total. The highest BCUT2D eigenvalue weighted by Crippen LogP contribution is 2.25. The molecule has 2 aromatic carbocycles. The van der Waals surface area contributed by atoms with Gasteiger partial charge in [-0.3, -0.25) is 4.79 Å². The van der Waals surface area contributed by atoms with E-state index in [-0.39, 0.29) is 12.3 Å². The third kappa shape index (κ3) is 3.62. The molecule has 4 heteroatoms. The van der Waals surface area contributed by atoms with E-state index in [1.807, 2.05) is 44.2 Å². The molecule has 0 unspecified atom stereocenters. The molecule has 0 atom stereocenters. The quantitative estimate of drug-likeness (QED) is 0.836. The highest BCUT2D eigenvalue weighted by Gasteiger charge is 2.10. The summed E-state index contributed by atoms with van der Waals surface area (Å²) in [5, 5.41) is 3.58. The number of carbonyl (C=O) groups is 1. The predicted octanol–water partition coefficient (Wildman–Crippen LogP) is 4.90. The number of halogens is 2. The topological polar surface area (TPSA) is 29.1 Å². The molecule has 0 fully saturated rings. The van der Waals surface area contributed by atoms with E-state index in [0.29, 0.717) is 5.02 Å². The van der Waals surface area contributed by atoms with E-state index in [2.05, 4.69) is 21.2 Å². The van der Waals surface area contributed by atoms with E-state index < -0.39 is 0 Å². The average Bonchev–Trinajstić information content (AvgIpc) is 2.36. The Kier molecular flexibility index (Phi) is 4.84. The zero-order valence-corrected chi connectivity index (χ0v) is 13.7. The van der Waals surface area contributed by atoms with Crippen LogP contribution in [-0.4, -0.2) is 5.91 Å². The maximum Gasteiger partial charge on any atom is 0.228 e. The van der Waals surface area contributed by atoms with Crippen LogP contribution in [0.4, 0.5) is 5.69 Å². The minimum Gasteiger partial charge on any atom is -0.325 e.